The van der Waals surface area contributed by atoms with E-state index >= 15 is 0 Å². The van der Waals surface area contributed by atoms with Crippen molar-refractivity contribution in [1.82, 2.24) is 10.3 Å². The average Bonchev–Trinajstić information content (AvgIpc) is 2.86. The summed E-state index contributed by atoms with van der Waals surface area (Å²) in [6.07, 6.45) is 0. The van der Waals surface area contributed by atoms with Crippen LogP contribution in [0.1, 0.15) is 20.8 Å². The Morgan fingerprint density at radius 1 is 1.29 bits per heavy atom. The van der Waals surface area contributed by atoms with E-state index in [1.165, 1.54) is 23.2 Å². The summed E-state index contributed by atoms with van der Waals surface area (Å²) in [5, 5.41) is 3.35. The molecule has 0 bridgehead atoms. The van der Waals surface area contributed by atoms with E-state index in [1.54, 1.807) is 7.05 Å². The van der Waals surface area contributed by atoms with Crippen molar-refractivity contribution in [3.05, 3.63) is 24.3 Å². The highest BCUT2D eigenvalue weighted by atomic mass is 32.1. The van der Waals surface area contributed by atoms with Crippen molar-refractivity contribution < 1.29 is 9.59 Å². The van der Waals surface area contributed by atoms with Gasteiger partial charge >= 0.3 is 0 Å². The number of nitrogens with zero attached hydrogens (tertiary/aromatic N) is 2. The van der Waals surface area contributed by atoms with Gasteiger partial charge in [-0.15, -0.1) is 0 Å². The highest BCUT2D eigenvalue weighted by Crippen LogP contribution is 2.28. The predicted octanol–water partition coefficient (Wildman–Crippen LogP) is 2.42. The number of aromatic nitrogens is 1. The molecule has 2 amide bonds. The van der Waals surface area contributed by atoms with Crippen molar-refractivity contribution >= 4 is 38.5 Å². The van der Waals surface area contributed by atoms with Crippen molar-refractivity contribution in [2.75, 3.05) is 11.9 Å². The number of fused-ring (bicyclic) bond motifs is 1. The van der Waals surface area contributed by atoms with E-state index < -0.39 is 6.04 Å². The van der Waals surface area contributed by atoms with E-state index in [0.717, 1.165) is 10.2 Å². The molecule has 5 nitrogen and oxygen atoms in total. The number of hydrogen-bond donors (Lipinski definition) is 1. The Hall–Kier alpha value is -1.95. The summed E-state index contributed by atoms with van der Waals surface area (Å²) in [5.74, 6) is -0.350. The second kappa shape index (κ2) is 6.22. The number of hydrogen-bond acceptors (Lipinski definition) is 4. The van der Waals surface area contributed by atoms with E-state index in [0.29, 0.717) is 5.13 Å². The fourth-order valence-electron chi connectivity index (χ4n) is 2.04. The molecule has 0 fully saturated rings. The van der Waals surface area contributed by atoms with Crippen LogP contribution >= 0.6 is 11.3 Å². The standard InChI is InChI=1S/C15H19N3O2S/c1-9(2)13(16-10(3)19)14(20)18(4)15-17-11-7-5-6-8-12(11)21-15/h5-9,13H,1-4H3,(H,16,19). The maximum absolute atomic E-state index is 12.6. The van der Waals surface area contributed by atoms with E-state index in [9.17, 15) is 9.59 Å². The van der Waals surface area contributed by atoms with Gasteiger partial charge in [0.15, 0.2) is 5.13 Å². The summed E-state index contributed by atoms with van der Waals surface area (Å²) in [7, 11) is 1.69. The third kappa shape index (κ3) is 3.39. The Labute approximate surface area is 128 Å². The lowest BCUT2D eigenvalue weighted by Gasteiger charge is -2.25. The van der Waals surface area contributed by atoms with E-state index in [2.05, 4.69) is 10.3 Å². The number of nitrogens with one attached hydrogen (secondary N) is 1. The first-order valence-corrected chi connectivity index (χ1v) is 7.62. The quantitative estimate of drug-likeness (QED) is 0.943. The summed E-state index contributed by atoms with van der Waals surface area (Å²) >= 11 is 1.46. The summed E-state index contributed by atoms with van der Waals surface area (Å²) in [6, 6.07) is 7.21. The molecule has 21 heavy (non-hydrogen) atoms. The number of carbonyl (C=O) groups is 2. The van der Waals surface area contributed by atoms with Crippen LogP contribution in [-0.2, 0) is 9.59 Å². The molecule has 1 aromatic heterocycles. The summed E-state index contributed by atoms with van der Waals surface area (Å²) in [6.45, 7) is 5.23. The molecule has 6 heteroatoms. The number of benzene rings is 1. The van der Waals surface area contributed by atoms with Crippen molar-refractivity contribution in [3.8, 4) is 0 Å². The first-order valence-electron chi connectivity index (χ1n) is 6.80. The summed E-state index contributed by atoms with van der Waals surface area (Å²) in [4.78, 5) is 29.8. The maximum atomic E-state index is 12.6. The SMILES string of the molecule is CC(=O)NC(C(=O)N(C)c1nc2ccccc2s1)C(C)C. The zero-order valence-electron chi connectivity index (χ0n) is 12.6. The van der Waals surface area contributed by atoms with Gasteiger partial charge in [-0.1, -0.05) is 37.3 Å². The zero-order chi connectivity index (χ0) is 15.6. The summed E-state index contributed by atoms with van der Waals surface area (Å²) in [5.41, 5.74) is 0.873. The molecule has 1 N–H and O–H groups in total. The molecule has 2 aromatic rings. The topological polar surface area (TPSA) is 62.3 Å². The van der Waals surface area contributed by atoms with Crippen molar-refractivity contribution in [3.63, 3.8) is 0 Å². The molecular formula is C15H19N3O2S. The van der Waals surface area contributed by atoms with Crippen LogP contribution < -0.4 is 10.2 Å². The van der Waals surface area contributed by atoms with Crippen LogP contribution in [-0.4, -0.2) is 29.9 Å². The van der Waals surface area contributed by atoms with E-state index in [4.69, 9.17) is 0 Å². The van der Waals surface area contributed by atoms with Crippen molar-refractivity contribution in [1.29, 1.82) is 0 Å². The Morgan fingerprint density at radius 2 is 1.95 bits per heavy atom. The molecule has 1 unspecified atom stereocenters. The second-order valence-corrected chi connectivity index (χ2v) is 6.29. The maximum Gasteiger partial charge on any atom is 0.251 e. The second-order valence-electron chi connectivity index (χ2n) is 5.28. The number of anilines is 1. The molecule has 0 radical (unpaired) electrons. The number of rotatable bonds is 4. The predicted molar refractivity (Wildman–Crippen MR) is 85.5 cm³/mol. The van der Waals surface area contributed by atoms with Crippen LogP contribution in [0.15, 0.2) is 24.3 Å². The lowest BCUT2D eigenvalue weighted by atomic mass is 10.0. The molecule has 0 saturated heterocycles. The van der Waals surface area contributed by atoms with E-state index in [1.807, 2.05) is 38.1 Å². The van der Waals surface area contributed by atoms with Gasteiger partial charge in [-0.3, -0.25) is 14.5 Å². The first kappa shape index (κ1) is 15.4. The lowest BCUT2D eigenvalue weighted by Crippen LogP contribution is -2.49. The number of carbonyl (C=O) groups excluding carboxylic acids is 2. The minimum absolute atomic E-state index is 0.0122. The third-order valence-electron chi connectivity index (χ3n) is 3.19. The number of amides is 2. The minimum atomic E-state index is -0.542. The van der Waals surface area contributed by atoms with Gasteiger partial charge in [-0.2, -0.15) is 0 Å². The minimum Gasteiger partial charge on any atom is -0.344 e. The van der Waals surface area contributed by atoms with Crippen LogP contribution in [0.3, 0.4) is 0 Å². The first-order chi connectivity index (χ1) is 9.90. The molecule has 0 spiro atoms. The van der Waals surface area contributed by atoms with Crippen LogP contribution in [0.5, 0.6) is 0 Å². The Balaban J connectivity index is 2.26. The van der Waals surface area contributed by atoms with Gasteiger partial charge in [-0.05, 0) is 18.1 Å². The van der Waals surface area contributed by atoms with Crippen LogP contribution in [0.2, 0.25) is 0 Å². The largest absolute Gasteiger partial charge is 0.344 e. The van der Waals surface area contributed by atoms with E-state index in [-0.39, 0.29) is 17.7 Å². The van der Waals surface area contributed by atoms with Gasteiger partial charge in [-0.25, -0.2) is 4.98 Å². The number of likely N-dealkylation sites (N-methyl/N-ethyl adjacent to an activating group) is 1. The molecule has 0 aliphatic heterocycles. The number of thiazole rings is 1. The molecular weight excluding hydrogens is 286 g/mol. The Morgan fingerprint density at radius 3 is 2.52 bits per heavy atom. The van der Waals surface area contributed by atoms with Gasteiger partial charge in [0, 0.05) is 14.0 Å². The molecule has 1 aromatic carbocycles. The van der Waals surface area contributed by atoms with Crippen molar-refractivity contribution in [2.45, 2.75) is 26.8 Å². The third-order valence-corrected chi connectivity index (χ3v) is 4.30. The Bertz CT molecular complexity index is 633. The van der Waals surface area contributed by atoms with Crippen LogP contribution in [0.4, 0.5) is 5.13 Å². The van der Waals surface area contributed by atoms with Gasteiger partial charge < -0.3 is 5.32 Å². The fraction of sp³-hybridized carbons (Fsp3) is 0.400. The number of para-hydroxylation sites is 1. The van der Waals surface area contributed by atoms with Crippen molar-refractivity contribution in [2.24, 2.45) is 5.92 Å². The van der Waals surface area contributed by atoms with Gasteiger partial charge in [0.2, 0.25) is 5.91 Å². The average molecular weight is 305 g/mol. The fourth-order valence-corrected chi connectivity index (χ4v) is 2.97. The molecule has 0 saturated carbocycles. The lowest BCUT2D eigenvalue weighted by molar-refractivity contribution is -0.127. The van der Waals surface area contributed by atoms with Crippen LogP contribution in [0, 0.1) is 5.92 Å². The molecule has 1 heterocycles. The van der Waals surface area contributed by atoms with Gasteiger partial charge in [0.1, 0.15) is 6.04 Å². The molecule has 0 aliphatic carbocycles. The smallest absolute Gasteiger partial charge is 0.251 e. The summed E-state index contributed by atoms with van der Waals surface area (Å²) < 4.78 is 1.03. The van der Waals surface area contributed by atoms with Gasteiger partial charge in [0.05, 0.1) is 10.2 Å². The normalized spacial score (nSPS) is 12.4. The van der Waals surface area contributed by atoms with Crippen LogP contribution in [0.25, 0.3) is 10.2 Å². The molecule has 0 aliphatic rings. The molecule has 1 atom stereocenters. The zero-order valence-corrected chi connectivity index (χ0v) is 13.4. The highest BCUT2D eigenvalue weighted by molar-refractivity contribution is 7.22. The molecule has 2 rings (SSSR count). The highest BCUT2D eigenvalue weighted by Gasteiger charge is 2.28. The molecule has 112 valence electrons. The van der Waals surface area contributed by atoms with Gasteiger partial charge in [0.25, 0.3) is 5.91 Å². The monoisotopic (exact) mass is 305 g/mol. The Kier molecular flexibility index (Phi) is 4.57.